The van der Waals surface area contributed by atoms with Crippen LogP contribution in [0.25, 0.3) is 0 Å². The number of amides is 3. The molecule has 2 aromatic carbocycles. The third-order valence-corrected chi connectivity index (χ3v) is 6.96. The minimum absolute atomic E-state index is 0.00119. The van der Waals surface area contributed by atoms with Crippen molar-refractivity contribution in [3.05, 3.63) is 42.5 Å². The van der Waals surface area contributed by atoms with Gasteiger partial charge in [-0.1, -0.05) is 13.8 Å². The standard InChI is InChI=1S/C24H33N5O6S/c1-16(2)14-20(27-24(25)31)23(30)26-18-6-9-21(29-10-12-35-13-11-29)22(15-18)36(32,33)28-17-4-7-19(34-3)8-5-17/h4-9,15-16,20,28H,10-14H2,1-3H3,(H,26,30)(H3,25,27,31)/t20-/m0/s1. The van der Waals surface area contributed by atoms with Gasteiger partial charge in [0, 0.05) is 24.5 Å². The van der Waals surface area contributed by atoms with E-state index in [1.165, 1.54) is 13.2 Å². The lowest BCUT2D eigenvalue weighted by atomic mass is 10.0. The zero-order valence-electron chi connectivity index (χ0n) is 20.6. The molecule has 3 rings (SSSR count). The lowest BCUT2D eigenvalue weighted by molar-refractivity contribution is -0.118. The van der Waals surface area contributed by atoms with Crippen LogP contribution in [0.1, 0.15) is 20.3 Å². The highest BCUT2D eigenvalue weighted by atomic mass is 32.2. The van der Waals surface area contributed by atoms with Gasteiger partial charge in [0.15, 0.2) is 0 Å². The molecule has 1 aliphatic heterocycles. The quantitative estimate of drug-likeness (QED) is 0.376. The first-order valence-electron chi connectivity index (χ1n) is 11.6. The van der Waals surface area contributed by atoms with Gasteiger partial charge in [-0.2, -0.15) is 0 Å². The maximum atomic E-state index is 13.5. The molecule has 1 aliphatic rings. The SMILES string of the molecule is COc1ccc(NS(=O)(=O)c2cc(NC(=O)[C@H](CC(C)C)NC(N)=O)ccc2N2CCOCC2)cc1. The summed E-state index contributed by atoms with van der Waals surface area (Å²) in [4.78, 5) is 26.2. The Balaban J connectivity index is 1.93. The summed E-state index contributed by atoms with van der Waals surface area (Å²) in [7, 11) is -2.52. The van der Waals surface area contributed by atoms with Crippen LogP contribution in [0.3, 0.4) is 0 Å². The first-order valence-corrected chi connectivity index (χ1v) is 13.1. The van der Waals surface area contributed by atoms with Crippen LogP contribution in [0.5, 0.6) is 5.75 Å². The summed E-state index contributed by atoms with van der Waals surface area (Å²) in [5, 5.41) is 5.16. The van der Waals surface area contributed by atoms with Crippen LogP contribution in [-0.4, -0.2) is 59.8 Å². The van der Waals surface area contributed by atoms with E-state index in [0.29, 0.717) is 49.8 Å². The Hall–Kier alpha value is -3.51. The topological polar surface area (TPSA) is 152 Å². The molecule has 0 radical (unpaired) electrons. The molecule has 0 aromatic heterocycles. The van der Waals surface area contributed by atoms with E-state index in [2.05, 4.69) is 15.4 Å². The number of rotatable bonds is 10. The van der Waals surface area contributed by atoms with E-state index in [9.17, 15) is 18.0 Å². The van der Waals surface area contributed by atoms with E-state index in [-0.39, 0.29) is 16.5 Å². The smallest absolute Gasteiger partial charge is 0.312 e. The number of ether oxygens (including phenoxy) is 2. The number of nitrogens with one attached hydrogen (secondary N) is 3. The predicted octanol–water partition coefficient (Wildman–Crippen LogP) is 2.35. The predicted molar refractivity (Wildman–Crippen MR) is 138 cm³/mol. The van der Waals surface area contributed by atoms with Gasteiger partial charge in [-0.25, -0.2) is 13.2 Å². The summed E-state index contributed by atoms with van der Waals surface area (Å²) in [5.41, 5.74) is 6.36. The van der Waals surface area contributed by atoms with Crippen LogP contribution in [-0.2, 0) is 19.6 Å². The summed E-state index contributed by atoms with van der Waals surface area (Å²) >= 11 is 0. The Morgan fingerprint density at radius 3 is 2.31 bits per heavy atom. The molecule has 12 heteroatoms. The molecule has 1 heterocycles. The molecular weight excluding hydrogens is 486 g/mol. The molecule has 2 aromatic rings. The van der Waals surface area contributed by atoms with Crippen molar-refractivity contribution in [3.8, 4) is 5.75 Å². The van der Waals surface area contributed by atoms with Crippen molar-refractivity contribution in [3.63, 3.8) is 0 Å². The third kappa shape index (κ3) is 7.25. The molecule has 0 spiro atoms. The van der Waals surface area contributed by atoms with E-state index >= 15 is 0 Å². The molecule has 0 bridgehead atoms. The van der Waals surface area contributed by atoms with Crippen molar-refractivity contribution < 1.29 is 27.5 Å². The number of carbonyl (C=O) groups is 2. The average Bonchev–Trinajstić information content (AvgIpc) is 2.84. The number of methoxy groups -OCH3 is 1. The second-order valence-corrected chi connectivity index (χ2v) is 10.4. The normalized spacial score (nSPS) is 14.7. The summed E-state index contributed by atoms with van der Waals surface area (Å²) < 4.78 is 40.1. The number of primary amides is 1. The molecule has 0 unspecified atom stereocenters. The molecule has 36 heavy (non-hydrogen) atoms. The van der Waals surface area contributed by atoms with Crippen molar-refractivity contribution in [1.29, 1.82) is 0 Å². The molecule has 3 amide bonds. The molecule has 11 nitrogen and oxygen atoms in total. The number of benzene rings is 2. The Morgan fingerprint density at radius 1 is 1.08 bits per heavy atom. The zero-order chi connectivity index (χ0) is 26.3. The molecule has 1 saturated heterocycles. The van der Waals surface area contributed by atoms with Crippen LogP contribution in [0, 0.1) is 5.92 Å². The molecule has 1 atom stereocenters. The molecular formula is C24H33N5O6S. The van der Waals surface area contributed by atoms with Gasteiger partial charge in [-0.3, -0.25) is 9.52 Å². The van der Waals surface area contributed by atoms with Crippen molar-refractivity contribution in [2.45, 2.75) is 31.2 Å². The minimum Gasteiger partial charge on any atom is -0.497 e. The monoisotopic (exact) mass is 519 g/mol. The second kappa shape index (κ2) is 12.0. The molecule has 5 N–H and O–H groups in total. The van der Waals surface area contributed by atoms with E-state index < -0.39 is 28.0 Å². The van der Waals surface area contributed by atoms with Crippen LogP contribution in [0.15, 0.2) is 47.4 Å². The number of hydrogen-bond acceptors (Lipinski definition) is 7. The summed E-state index contributed by atoms with van der Waals surface area (Å²) in [6.07, 6.45) is 0.366. The van der Waals surface area contributed by atoms with E-state index in [1.54, 1.807) is 36.4 Å². The number of nitrogens with zero attached hydrogens (tertiary/aromatic N) is 1. The molecule has 1 fully saturated rings. The van der Waals surface area contributed by atoms with Gasteiger partial charge in [0.05, 0.1) is 26.0 Å². The maximum Gasteiger partial charge on any atom is 0.312 e. The fraction of sp³-hybridized carbons (Fsp3) is 0.417. The van der Waals surface area contributed by atoms with Gasteiger partial charge >= 0.3 is 6.03 Å². The first-order chi connectivity index (χ1) is 17.1. The van der Waals surface area contributed by atoms with Crippen LogP contribution in [0.2, 0.25) is 0 Å². The van der Waals surface area contributed by atoms with Crippen LogP contribution >= 0.6 is 0 Å². The van der Waals surface area contributed by atoms with Crippen molar-refractivity contribution in [2.24, 2.45) is 11.7 Å². The molecule has 0 saturated carbocycles. The number of carbonyl (C=O) groups excluding carboxylic acids is 2. The summed E-state index contributed by atoms with van der Waals surface area (Å²) in [6, 6.07) is 9.52. The highest BCUT2D eigenvalue weighted by Gasteiger charge is 2.26. The Kier molecular flexibility index (Phi) is 8.99. The highest BCUT2D eigenvalue weighted by Crippen LogP contribution is 2.31. The van der Waals surface area contributed by atoms with E-state index in [0.717, 1.165) is 0 Å². The van der Waals surface area contributed by atoms with Gasteiger partial charge < -0.3 is 30.7 Å². The van der Waals surface area contributed by atoms with Gasteiger partial charge in [-0.15, -0.1) is 0 Å². The first kappa shape index (κ1) is 27.1. The third-order valence-electron chi connectivity index (χ3n) is 5.55. The minimum atomic E-state index is -4.04. The second-order valence-electron chi connectivity index (χ2n) is 8.80. The number of anilines is 3. The highest BCUT2D eigenvalue weighted by molar-refractivity contribution is 7.92. The van der Waals surface area contributed by atoms with E-state index in [4.69, 9.17) is 15.2 Å². The lowest BCUT2D eigenvalue weighted by Crippen LogP contribution is -2.46. The van der Waals surface area contributed by atoms with Gasteiger partial charge in [0.1, 0.15) is 16.7 Å². The van der Waals surface area contributed by atoms with Crippen LogP contribution in [0.4, 0.5) is 21.9 Å². The lowest BCUT2D eigenvalue weighted by Gasteiger charge is -2.30. The number of urea groups is 1. The Labute approximate surface area is 211 Å². The van der Waals surface area contributed by atoms with Gasteiger partial charge in [0.25, 0.3) is 10.0 Å². The van der Waals surface area contributed by atoms with Gasteiger partial charge in [0.2, 0.25) is 5.91 Å². The maximum absolute atomic E-state index is 13.5. The van der Waals surface area contributed by atoms with Gasteiger partial charge in [-0.05, 0) is 54.8 Å². The van der Waals surface area contributed by atoms with Crippen molar-refractivity contribution in [1.82, 2.24) is 5.32 Å². The molecule has 0 aliphatic carbocycles. The largest absolute Gasteiger partial charge is 0.497 e. The van der Waals surface area contributed by atoms with Crippen LogP contribution < -0.4 is 30.7 Å². The zero-order valence-corrected chi connectivity index (χ0v) is 21.4. The Morgan fingerprint density at radius 2 is 1.72 bits per heavy atom. The number of hydrogen-bond donors (Lipinski definition) is 4. The van der Waals surface area contributed by atoms with Crippen molar-refractivity contribution >= 4 is 39.0 Å². The van der Waals surface area contributed by atoms with Crippen molar-refractivity contribution in [2.75, 3.05) is 48.4 Å². The fourth-order valence-corrected chi connectivity index (χ4v) is 5.16. The number of nitrogens with two attached hydrogens (primary N) is 1. The Bertz CT molecular complexity index is 1160. The average molecular weight is 520 g/mol. The van der Waals surface area contributed by atoms with E-state index in [1.807, 2.05) is 18.7 Å². The summed E-state index contributed by atoms with van der Waals surface area (Å²) in [6.45, 7) is 5.82. The number of morpholine rings is 1. The number of sulfonamides is 1. The molecule has 196 valence electrons. The summed E-state index contributed by atoms with van der Waals surface area (Å²) in [5.74, 6) is 0.214. The fourth-order valence-electron chi connectivity index (χ4n) is 3.85.